The molecular formula is C25H25ClN2O3. The Balaban J connectivity index is 1.74. The number of halogens is 1. The number of benzene rings is 2. The molecule has 1 heterocycles. The van der Waals surface area contributed by atoms with Crippen molar-refractivity contribution in [2.75, 3.05) is 19.6 Å². The number of carbonyl (C=O) groups is 2. The third-order valence-corrected chi connectivity index (χ3v) is 5.06. The molecule has 0 aliphatic carbocycles. The van der Waals surface area contributed by atoms with Gasteiger partial charge in [-0.05, 0) is 42.3 Å². The first-order valence-electron chi connectivity index (χ1n) is 10.1. The van der Waals surface area contributed by atoms with Crippen LogP contribution in [-0.2, 0) is 17.8 Å². The van der Waals surface area contributed by atoms with Gasteiger partial charge in [0, 0.05) is 23.7 Å². The third kappa shape index (κ3) is 6.59. The summed E-state index contributed by atoms with van der Waals surface area (Å²) in [6.07, 6.45) is 3.90. The molecule has 0 N–H and O–H groups in total. The number of nitrogens with zero attached hydrogens (tertiary/aromatic N) is 2. The highest BCUT2D eigenvalue weighted by atomic mass is 35.5. The van der Waals surface area contributed by atoms with Gasteiger partial charge in [0.05, 0.1) is 12.8 Å². The summed E-state index contributed by atoms with van der Waals surface area (Å²) in [4.78, 5) is 29.4. The SMILES string of the molecule is C=CCN(CC(=O)N(CCc1ccccc1)Cc1ccco1)C(=O)c1cccc(Cl)c1. The lowest BCUT2D eigenvalue weighted by Crippen LogP contribution is -2.43. The van der Waals surface area contributed by atoms with Crippen LogP contribution in [-0.4, -0.2) is 41.2 Å². The van der Waals surface area contributed by atoms with E-state index in [9.17, 15) is 9.59 Å². The molecule has 160 valence electrons. The lowest BCUT2D eigenvalue weighted by molar-refractivity contribution is -0.132. The zero-order valence-corrected chi connectivity index (χ0v) is 18.0. The fourth-order valence-corrected chi connectivity index (χ4v) is 3.42. The maximum atomic E-state index is 13.2. The molecule has 0 fully saturated rings. The van der Waals surface area contributed by atoms with Crippen molar-refractivity contribution in [3.63, 3.8) is 0 Å². The molecule has 0 aliphatic rings. The highest BCUT2D eigenvalue weighted by Gasteiger charge is 2.22. The van der Waals surface area contributed by atoms with Crippen molar-refractivity contribution >= 4 is 23.4 Å². The fourth-order valence-electron chi connectivity index (χ4n) is 3.23. The van der Waals surface area contributed by atoms with Crippen LogP contribution in [0.2, 0.25) is 5.02 Å². The van der Waals surface area contributed by atoms with Crippen molar-refractivity contribution < 1.29 is 14.0 Å². The Hall–Kier alpha value is -3.31. The second-order valence-corrected chi connectivity index (χ2v) is 7.55. The fraction of sp³-hybridized carbons (Fsp3) is 0.200. The number of carbonyl (C=O) groups excluding carboxylic acids is 2. The Morgan fingerprint density at radius 3 is 2.48 bits per heavy atom. The lowest BCUT2D eigenvalue weighted by Gasteiger charge is -2.27. The monoisotopic (exact) mass is 436 g/mol. The molecule has 31 heavy (non-hydrogen) atoms. The van der Waals surface area contributed by atoms with E-state index in [1.807, 2.05) is 36.4 Å². The molecule has 2 aromatic carbocycles. The summed E-state index contributed by atoms with van der Waals surface area (Å²) in [6.45, 7) is 4.76. The van der Waals surface area contributed by atoms with Crippen molar-refractivity contribution in [2.24, 2.45) is 0 Å². The summed E-state index contributed by atoms with van der Waals surface area (Å²) < 4.78 is 5.44. The molecule has 0 unspecified atom stereocenters. The van der Waals surface area contributed by atoms with Gasteiger partial charge in [0.2, 0.25) is 5.91 Å². The van der Waals surface area contributed by atoms with Crippen LogP contribution in [0.5, 0.6) is 0 Å². The summed E-state index contributed by atoms with van der Waals surface area (Å²) in [5.74, 6) is 0.263. The van der Waals surface area contributed by atoms with E-state index in [0.717, 1.165) is 5.56 Å². The predicted octanol–water partition coefficient (Wildman–Crippen LogP) is 4.83. The molecule has 0 saturated carbocycles. The van der Waals surface area contributed by atoms with Crippen LogP contribution in [0.3, 0.4) is 0 Å². The van der Waals surface area contributed by atoms with Gasteiger partial charge in [0.25, 0.3) is 5.91 Å². The molecule has 6 heteroatoms. The quantitative estimate of drug-likeness (QED) is 0.427. The van der Waals surface area contributed by atoms with Gasteiger partial charge in [-0.25, -0.2) is 0 Å². The molecule has 5 nitrogen and oxygen atoms in total. The molecule has 0 bridgehead atoms. The van der Waals surface area contributed by atoms with Crippen LogP contribution >= 0.6 is 11.6 Å². The van der Waals surface area contributed by atoms with E-state index < -0.39 is 0 Å². The maximum absolute atomic E-state index is 13.2. The standard InChI is InChI=1S/C25H25ClN2O3/c1-2-14-28(25(30)21-10-6-11-22(26)17-21)19-24(29)27(18-23-12-7-16-31-23)15-13-20-8-4-3-5-9-20/h2-12,16-17H,1,13-15,18-19H2. The summed E-state index contributed by atoms with van der Waals surface area (Å²) in [7, 11) is 0. The number of rotatable bonds is 10. The van der Waals surface area contributed by atoms with E-state index in [1.165, 1.54) is 4.90 Å². The van der Waals surface area contributed by atoms with Crippen LogP contribution in [0.25, 0.3) is 0 Å². The van der Waals surface area contributed by atoms with Crippen molar-refractivity contribution in [2.45, 2.75) is 13.0 Å². The molecular weight excluding hydrogens is 412 g/mol. The molecule has 2 amide bonds. The smallest absolute Gasteiger partial charge is 0.254 e. The minimum Gasteiger partial charge on any atom is -0.467 e. The first-order chi connectivity index (χ1) is 15.1. The van der Waals surface area contributed by atoms with Gasteiger partial charge >= 0.3 is 0 Å². The highest BCUT2D eigenvalue weighted by Crippen LogP contribution is 2.14. The van der Waals surface area contributed by atoms with Crippen molar-refractivity contribution in [3.8, 4) is 0 Å². The molecule has 0 spiro atoms. The zero-order chi connectivity index (χ0) is 22.1. The summed E-state index contributed by atoms with van der Waals surface area (Å²) in [5.41, 5.74) is 1.57. The minimum absolute atomic E-state index is 0.0626. The molecule has 3 aromatic rings. The van der Waals surface area contributed by atoms with E-state index in [4.69, 9.17) is 16.0 Å². The Morgan fingerprint density at radius 2 is 1.81 bits per heavy atom. The number of hydrogen-bond donors (Lipinski definition) is 0. The summed E-state index contributed by atoms with van der Waals surface area (Å²) in [5, 5.41) is 0.470. The molecule has 0 aliphatic heterocycles. The van der Waals surface area contributed by atoms with Gasteiger partial charge in [-0.1, -0.05) is 54.1 Å². The van der Waals surface area contributed by atoms with Gasteiger partial charge < -0.3 is 14.2 Å². The van der Waals surface area contributed by atoms with E-state index >= 15 is 0 Å². The van der Waals surface area contributed by atoms with Gasteiger partial charge in [-0.3, -0.25) is 9.59 Å². The first-order valence-corrected chi connectivity index (χ1v) is 10.4. The van der Waals surface area contributed by atoms with Crippen LogP contribution in [0.15, 0.2) is 90.1 Å². The van der Waals surface area contributed by atoms with Gasteiger partial charge in [0.15, 0.2) is 0 Å². The molecule has 3 rings (SSSR count). The largest absolute Gasteiger partial charge is 0.467 e. The number of furan rings is 1. The second-order valence-electron chi connectivity index (χ2n) is 7.11. The summed E-state index contributed by atoms with van der Waals surface area (Å²) in [6, 6.07) is 20.3. The lowest BCUT2D eigenvalue weighted by atomic mass is 10.1. The van der Waals surface area contributed by atoms with Crippen LogP contribution < -0.4 is 0 Å². The Kier molecular flexibility index (Phi) is 8.07. The molecule has 0 radical (unpaired) electrons. The Labute approximate surface area is 187 Å². The highest BCUT2D eigenvalue weighted by molar-refractivity contribution is 6.31. The van der Waals surface area contributed by atoms with Crippen molar-refractivity contribution in [1.29, 1.82) is 0 Å². The van der Waals surface area contributed by atoms with E-state index in [0.29, 0.717) is 35.9 Å². The third-order valence-electron chi connectivity index (χ3n) is 4.83. The first kappa shape index (κ1) is 22.4. The van der Waals surface area contributed by atoms with Crippen molar-refractivity contribution in [1.82, 2.24) is 9.80 Å². The Bertz CT molecular complexity index is 1000. The maximum Gasteiger partial charge on any atom is 0.254 e. The average molecular weight is 437 g/mol. The van der Waals surface area contributed by atoms with Crippen molar-refractivity contribution in [3.05, 3.63) is 108 Å². The van der Waals surface area contributed by atoms with Gasteiger partial charge in [-0.15, -0.1) is 6.58 Å². The average Bonchev–Trinajstić information content (AvgIpc) is 3.29. The normalized spacial score (nSPS) is 10.5. The van der Waals surface area contributed by atoms with Crippen LogP contribution in [0, 0.1) is 0 Å². The molecule has 0 saturated heterocycles. The predicted molar refractivity (Wildman–Crippen MR) is 122 cm³/mol. The summed E-state index contributed by atoms with van der Waals surface area (Å²) >= 11 is 6.03. The Morgan fingerprint density at radius 1 is 1.00 bits per heavy atom. The number of amides is 2. The van der Waals surface area contributed by atoms with E-state index in [2.05, 4.69) is 6.58 Å². The molecule has 0 atom stereocenters. The van der Waals surface area contributed by atoms with Crippen LogP contribution in [0.1, 0.15) is 21.7 Å². The van der Waals surface area contributed by atoms with Gasteiger partial charge in [0.1, 0.15) is 12.3 Å². The van der Waals surface area contributed by atoms with E-state index in [-0.39, 0.29) is 24.9 Å². The topological polar surface area (TPSA) is 53.8 Å². The number of hydrogen-bond acceptors (Lipinski definition) is 3. The van der Waals surface area contributed by atoms with E-state index in [1.54, 1.807) is 47.6 Å². The second kappa shape index (κ2) is 11.2. The molecule has 1 aromatic heterocycles. The van der Waals surface area contributed by atoms with Crippen LogP contribution in [0.4, 0.5) is 0 Å². The van der Waals surface area contributed by atoms with Gasteiger partial charge in [-0.2, -0.15) is 0 Å². The minimum atomic E-state index is -0.267. The zero-order valence-electron chi connectivity index (χ0n) is 17.2.